The molecule has 0 radical (unpaired) electrons. The van der Waals surface area contributed by atoms with E-state index in [-0.39, 0.29) is 5.69 Å². The van der Waals surface area contributed by atoms with Crippen LogP contribution in [0, 0.1) is 13.8 Å². The molecule has 2 aromatic rings. The molecule has 0 fully saturated rings. The predicted octanol–water partition coefficient (Wildman–Crippen LogP) is 5.70. The van der Waals surface area contributed by atoms with Crippen molar-refractivity contribution in [2.24, 2.45) is 0 Å². The first-order chi connectivity index (χ1) is 9.77. The Morgan fingerprint density at radius 1 is 1.00 bits per heavy atom. The molecule has 0 aromatic heterocycles. The van der Waals surface area contributed by atoms with Crippen molar-refractivity contribution in [3.8, 4) is 0 Å². The van der Waals surface area contributed by atoms with Crippen molar-refractivity contribution in [3.05, 3.63) is 63.1 Å². The summed E-state index contributed by atoms with van der Waals surface area (Å²) in [7, 11) is 0. The average molecular weight is 358 g/mol. The van der Waals surface area contributed by atoms with E-state index in [1.54, 1.807) is 6.07 Å². The van der Waals surface area contributed by atoms with Crippen LogP contribution >= 0.6 is 15.9 Å². The van der Waals surface area contributed by atoms with Crippen molar-refractivity contribution in [3.63, 3.8) is 0 Å². The Balaban J connectivity index is 2.22. The van der Waals surface area contributed by atoms with Gasteiger partial charge in [-0.15, -0.1) is 0 Å². The van der Waals surface area contributed by atoms with Crippen LogP contribution in [0.15, 0.2) is 40.9 Å². The highest BCUT2D eigenvalue weighted by Crippen LogP contribution is 2.36. The largest absolute Gasteiger partial charge is 0.418 e. The summed E-state index contributed by atoms with van der Waals surface area (Å²) in [6.45, 7) is 4.34. The molecule has 0 heterocycles. The second-order valence-electron chi connectivity index (χ2n) is 4.96. The number of anilines is 1. The molecule has 2 rings (SSSR count). The molecule has 0 atom stereocenters. The number of nitrogens with one attached hydrogen (secondary N) is 1. The van der Waals surface area contributed by atoms with Gasteiger partial charge in [-0.1, -0.05) is 34.1 Å². The summed E-state index contributed by atoms with van der Waals surface area (Å²) >= 11 is 3.07. The van der Waals surface area contributed by atoms with E-state index in [9.17, 15) is 13.2 Å². The monoisotopic (exact) mass is 357 g/mol. The lowest BCUT2D eigenvalue weighted by Gasteiger charge is -2.15. The lowest BCUT2D eigenvalue weighted by atomic mass is 10.1. The molecular formula is C16H15BrF3N. The van der Waals surface area contributed by atoms with Gasteiger partial charge in [0.15, 0.2) is 0 Å². The SMILES string of the molecule is Cc1ccc(CNc2ccc(Br)cc2C(F)(F)F)cc1C. The number of benzene rings is 2. The van der Waals surface area contributed by atoms with Crippen molar-refractivity contribution in [1.82, 2.24) is 0 Å². The zero-order valence-electron chi connectivity index (χ0n) is 11.7. The molecule has 0 spiro atoms. The molecule has 2 aromatic carbocycles. The van der Waals surface area contributed by atoms with Crippen molar-refractivity contribution >= 4 is 21.6 Å². The van der Waals surface area contributed by atoms with Crippen molar-refractivity contribution < 1.29 is 13.2 Å². The van der Waals surface area contributed by atoms with E-state index in [0.717, 1.165) is 17.2 Å². The van der Waals surface area contributed by atoms with Gasteiger partial charge in [0, 0.05) is 16.7 Å². The summed E-state index contributed by atoms with van der Waals surface area (Å²) in [6, 6.07) is 9.99. The fourth-order valence-corrected chi connectivity index (χ4v) is 2.38. The van der Waals surface area contributed by atoms with Gasteiger partial charge in [0.1, 0.15) is 0 Å². The highest BCUT2D eigenvalue weighted by Gasteiger charge is 2.33. The number of hydrogen-bond acceptors (Lipinski definition) is 1. The fourth-order valence-electron chi connectivity index (χ4n) is 2.02. The van der Waals surface area contributed by atoms with Gasteiger partial charge in [0.25, 0.3) is 0 Å². The third-order valence-electron chi connectivity index (χ3n) is 3.34. The Kier molecular flexibility index (Phi) is 4.61. The molecule has 0 aliphatic carbocycles. The van der Waals surface area contributed by atoms with Crippen molar-refractivity contribution in [2.45, 2.75) is 26.6 Å². The topological polar surface area (TPSA) is 12.0 Å². The minimum absolute atomic E-state index is 0.0870. The van der Waals surface area contributed by atoms with E-state index in [4.69, 9.17) is 0 Å². The van der Waals surface area contributed by atoms with Crippen LogP contribution in [0.4, 0.5) is 18.9 Å². The van der Waals surface area contributed by atoms with Gasteiger partial charge in [-0.3, -0.25) is 0 Å². The molecular weight excluding hydrogens is 343 g/mol. The number of aryl methyl sites for hydroxylation is 2. The summed E-state index contributed by atoms with van der Waals surface area (Å²) in [5.41, 5.74) is 2.67. The summed E-state index contributed by atoms with van der Waals surface area (Å²) < 4.78 is 39.4. The average Bonchev–Trinajstić information content (AvgIpc) is 2.40. The minimum Gasteiger partial charge on any atom is -0.380 e. The molecule has 112 valence electrons. The molecule has 0 saturated heterocycles. The lowest BCUT2D eigenvalue weighted by molar-refractivity contribution is -0.137. The molecule has 0 saturated carbocycles. The van der Waals surface area contributed by atoms with Gasteiger partial charge < -0.3 is 5.32 Å². The Morgan fingerprint density at radius 2 is 1.71 bits per heavy atom. The summed E-state index contributed by atoms with van der Waals surface area (Å²) in [6.07, 6.45) is -4.38. The third-order valence-corrected chi connectivity index (χ3v) is 3.83. The maximum Gasteiger partial charge on any atom is 0.418 e. The second-order valence-corrected chi connectivity index (χ2v) is 5.88. The van der Waals surface area contributed by atoms with Crippen molar-refractivity contribution in [2.75, 3.05) is 5.32 Å². The number of rotatable bonds is 3. The van der Waals surface area contributed by atoms with Crippen LogP contribution in [0.2, 0.25) is 0 Å². The van der Waals surface area contributed by atoms with E-state index in [0.29, 0.717) is 11.0 Å². The quantitative estimate of drug-likeness (QED) is 0.743. The highest BCUT2D eigenvalue weighted by molar-refractivity contribution is 9.10. The molecule has 1 nitrogen and oxygen atoms in total. The third kappa shape index (κ3) is 4.00. The van der Waals surface area contributed by atoms with Gasteiger partial charge in [-0.25, -0.2) is 0 Å². The molecule has 0 unspecified atom stereocenters. The Hall–Kier alpha value is -1.49. The van der Waals surface area contributed by atoms with Crippen molar-refractivity contribution in [1.29, 1.82) is 0 Å². The molecule has 0 amide bonds. The first-order valence-electron chi connectivity index (χ1n) is 6.44. The van der Waals surface area contributed by atoms with E-state index in [2.05, 4.69) is 21.2 Å². The molecule has 0 bridgehead atoms. The predicted molar refractivity (Wildman–Crippen MR) is 82.4 cm³/mol. The highest BCUT2D eigenvalue weighted by atomic mass is 79.9. The summed E-state index contributed by atoms with van der Waals surface area (Å²) in [4.78, 5) is 0. The molecule has 0 aliphatic rings. The Labute approximate surface area is 130 Å². The van der Waals surface area contributed by atoms with Gasteiger partial charge in [-0.05, 0) is 48.7 Å². The van der Waals surface area contributed by atoms with Crippen LogP contribution in [-0.2, 0) is 12.7 Å². The van der Waals surface area contributed by atoms with Crippen LogP contribution < -0.4 is 5.32 Å². The first kappa shape index (κ1) is 15.9. The van der Waals surface area contributed by atoms with Crippen LogP contribution in [0.5, 0.6) is 0 Å². The first-order valence-corrected chi connectivity index (χ1v) is 7.23. The molecule has 1 N–H and O–H groups in total. The maximum atomic E-state index is 13.0. The van der Waals surface area contributed by atoms with Crippen LogP contribution in [0.25, 0.3) is 0 Å². The summed E-state index contributed by atoms with van der Waals surface area (Å²) in [5, 5.41) is 2.87. The Bertz CT molecular complexity index is 650. The molecule has 0 aliphatic heterocycles. The Morgan fingerprint density at radius 3 is 2.33 bits per heavy atom. The number of alkyl halides is 3. The van der Waals surface area contributed by atoms with Gasteiger partial charge in [0.05, 0.1) is 5.56 Å². The van der Waals surface area contributed by atoms with Gasteiger partial charge in [-0.2, -0.15) is 13.2 Å². The fraction of sp³-hybridized carbons (Fsp3) is 0.250. The van der Waals surface area contributed by atoms with Crippen LogP contribution in [0.3, 0.4) is 0 Å². The number of hydrogen-bond donors (Lipinski definition) is 1. The zero-order chi connectivity index (χ0) is 15.6. The molecule has 21 heavy (non-hydrogen) atoms. The normalized spacial score (nSPS) is 11.5. The van der Waals surface area contributed by atoms with Crippen LogP contribution in [-0.4, -0.2) is 0 Å². The van der Waals surface area contributed by atoms with E-state index < -0.39 is 11.7 Å². The maximum absolute atomic E-state index is 13.0. The summed E-state index contributed by atoms with van der Waals surface area (Å²) in [5.74, 6) is 0. The van der Waals surface area contributed by atoms with Gasteiger partial charge in [0.2, 0.25) is 0 Å². The lowest BCUT2D eigenvalue weighted by Crippen LogP contribution is -2.11. The smallest absolute Gasteiger partial charge is 0.380 e. The van der Waals surface area contributed by atoms with E-state index >= 15 is 0 Å². The molecule has 5 heteroatoms. The second kappa shape index (κ2) is 6.10. The number of halogens is 4. The van der Waals surface area contributed by atoms with Gasteiger partial charge >= 0.3 is 6.18 Å². The minimum atomic E-state index is -4.38. The van der Waals surface area contributed by atoms with E-state index in [1.807, 2.05) is 32.0 Å². The zero-order valence-corrected chi connectivity index (χ0v) is 13.3. The standard InChI is InChI=1S/C16H15BrF3N/c1-10-3-4-12(7-11(10)2)9-21-15-6-5-13(17)8-14(15)16(18,19)20/h3-8,21H,9H2,1-2H3. The van der Waals surface area contributed by atoms with Crippen LogP contribution in [0.1, 0.15) is 22.3 Å². The van der Waals surface area contributed by atoms with E-state index in [1.165, 1.54) is 11.6 Å².